The molecular weight excluding hydrogens is 374 g/mol. The summed E-state index contributed by atoms with van der Waals surface area (Å²) in [6.45, 7) is 0. The monoisotopic (exact) mass is 387 g/mol. The summed E-state index contributed by atoms with van der Waals surface area (Å²) in [6.07, 6.45) is -1.29. The zero-order valence-corrected chi connectivity index (χ0v) is 14.4. The van der Waals surface area contributed by atoms with E-state index in [-0.39, 0.29) is 11.1 Å². The van der Waals surface area contributed by atoms with Crippen LogP contribution in [-0.2, 0) is 28.7 Å². The Bertz CT molecular complexity index is 991. The van der Waals surface area contributed by atoms with Gasteiger partial charge in [-0.25, -0.2) is 4.79 Å². The summed E-state index contributed by atoms with van der Waals surface area (Å²) in [5.41, 5.74) is -4.02. The van der Waals surface area contributed by atoms with Crippen LogP contribution in [-0.4, -0.2) is 53.2 Å². The molecule has 0 aromatic heterocycles. The summed E-state index contributed by atoms with van der Waals surface area (Å²) in [7, 11) is 0.907. The van der Waals surface area contributed by atoms with Crippen molar-refractivity contribution in [2.45, 2.75) is 18.4 Å². The van der Waals surface area contributed by atoms with Crippen LogP contribution >= 0.6 is 0 Å². The molecule has 0 saturated carbocycles. The van der Waals surface area contributed by atoms with Gasteiger partial charge in [0.05, 0.1) is 25.5 Å². The molecule has 0 bridgehead atoms. The standard InChI is InChI=1S/C18H13NO9/c1-27-17(26)18(28-11(22)7-6-10(20)21)12-13(19-16(18)25)15(24)9-5-3-2-4-8(9)14(12)23/h2-5H,6-7H2,1H3,(H,19,25)(H,20,21)/t18-/m0/s1. The van der Waals surface area contributed by atoms with E-state index in [1.54, 1.807) is 0 Å². The lowest BCUT2D eigenvalue weighted by molar-refractivity contribution is -0.179. The molecule has 1 amide bonds. The molecule has 144 valence electrons. The molecule has 1 aromatic carbocycles. The first-order valence-corrected chi connectivity index (χ1v) is 8.00. The number of fused-ring (bicyclic) bond motifs is 1. The number of carboxylic acids is 1. The first-order chi connectivity index (χ1) is 13.2. The van der Waals surface area contributed by atoms with Crippen molar-refractivity contribution in [1.82, 2.24) is 5.32 Å². The van der Waals surface area contributed by atoms with E-state index in [9.17, 15) is 28.8 Å². The fourth-order valence-electron chi connectivity index (χ4n) is 3.05. The minimum absolute atomic E-state index is 0.0180. The van der Waals surface area contributed by atoms with Crippen LogP contribution in [0.3, 0.4) is 0 Å². The van der Waals surface area contributed by atoms with E-state index in [1.807, 2.05) is 0 Å². The van der Waals surface area contributed by atoms with Gasteiger partial charge in [-0.15, -0.1) is 0 Å². The Hall–Kier alpha value is -3.82. The van der Waals surface area contributed by atoms with Crippen LogP contribution in [0.2, 0.25) is 0 Å². The second-order valence-corrected chi connectivity index (χ2v) is 5.95. The Morgan fingerprint density at radius 2 is 1.64 bits per heavy atom. The second-order valence-electron chi connectivity index (χ2n) is 5.95. The van der Waals surface area contributed by atoms with Crippen molar-refractivity contribution in [3.63, 3.8) is 0 Å². The Kier molecular flexibility index (Phi) is 4.55. The molecule has 2 aliphatic rings. The minimum Gasteiger partial charge on any atom is -0.481 e. The number of aliphatic carboxylic acids is 1. The largest absolute Gasteiger partial charge is 0.481 e. The molecule has 0 radical (unpaired) electrons. The van der Waals surface area contributed by atoms with Crippen LogP contribution in [0.15, 0.2) is 35.5 Å². The third-order valence-corrected chi connectivity index (χ3v) is 4.31. The summed E-state index contributed by atoms with van der Waals surface area (Å²) >= 11 is 0. The molecule has 28 heavy (non-hydrogen) atoms. The maximum absolute atomic E-state index is 13.0. The van der Waals surface area contributed by atoms with Crippen molar-refractivity contribution in [1.29, 1.82) is 0 Å². The second kappa shape index (κ2) is 6.72. The lowest BCUT2D eigenvalue weighted by Gasteiger charge is -2.27. The summed E-state index contributed by atoms with van der Waals surface area (Å²) in [5, 5.41) is 10.8. The number of ether oxygens (including phenoxy) is 2. The van der Waals surface area contributed by atoms with Crippen molar-refractivity contribution in [2.75, 3.05) is 7.11 Å². The minimum atomic E-state index is -2.83. The zero-order chi connectivity index (χ0) is 20.6. The topological polar surface area (TPSA) is 153 Å². The number of methoxy groups -OCH3 is 1. The van der Waals surface area contributed by atoms with E-state index in [4.69, 9.17) is 9.84 Å². The van der Waals surface area contributed by atoms with Crippen LogP contribution < -0.4 is 5.32 Å². The Morgan fingerprint density at radius 3 is 2.21 bits per heavy atom. The molecular formula is C18H13NO9. The third-order valence-electron chi connectivity index (χ3n) is 4.31. The van der Waals surface area contributed by atoms with E-state index >= 15 is 0 Å². The molecule has 1 heterocycles. The van der Waals surface area contributed by atoms with Gasteiger partial charge in [0.15, 0.2) is 5.78 Å². The number of ketones is 2. The molecule has 0 unspecified atom stereocenters. The highest BCUT2D eigenvalue weighted by Crippen LogP contribution is 2.39. The number of carboxylic acid groups (broad SMARTS) is 1. The third kappa shape index (κ3) is 2.66. The normalized spacial score (nSPS) is 20.2. The molecule has 1 aliphatic heterocycles. The molecule has 1 atom stereocenters. The molecule has 0 fully saturated rings. The van der Waals surface area contributed by atoms with E-state index < -0.39 is 65.1 Å². The van der Waals surface area contributed by atoms with Crippen LogP contribution in [0.4, 0.5) is 0 Å². The summed E-state index contributed by atoms with van der Waals surface area (Å²) < 4.78 is 9.56. The number of amides is 1. The van der Waals surface area contributed by atoms with Gasteiger partial charge in [-0.1, -0.05) is 24.3 Å². The van der Waals surface area contributed by atoms with Gasteiger partial charge in [-0.3, -0.25) is 24.0 Å². The van der Waals surface area contributed by atoms with E-state index in [0.29, 0.717) is 0 Å². The van der Waals surface area contributed by atoms with Gasteiger partial charge >= 0.3 is 23.5 Å². The van der Waals surface area contributed by atoms with Crippen LogP contribution in [0.5, 0.6) is 0 Å². The number of hydrogen-bond acceptors (Lipinski definition) is 8. The molecule has 2 N–H and O–H groups in total. The van der Waals surface area contributed by atoms with Gasteiger partial charge in [0.1, 0.15) is 5.70 Å². The van der Waals surface area contributed by atoms with Crippen molar-refractivity contribution >= 4 is 35.4 Å². The molecule has 1 aliphatic carbocycles. The first-order valence-electron chi connectivity index (χ1n) is 8.00. The molecule has 10 heteroatoms. The van der Waals surface area contributed by atoms with Crippen LogP contribution in [0.1, 0.15) is 33.6 Å². The Balaban J connectivity index is 2.13. The SMILES string of the molecule is COC(=O)[C@@]1(OC(=O)CCC(=O)O)C(=O)NC2=C1C(=O)c1ccccc1C2=O. The number of esters is 2. The number of carbonyl (C=O) groups excluding carboxylic acids is 5. The molecule has 10 nitrogen and oxygen atoms in total. The van der Waals surface area contributed by atoms with E-state index in [0.717, 1.165) is 7.11 Å². The lowest BCUT2D eigenvalue weighted by Crippen LogP contribution is -2.54. The molecule has 0 saturated heterocycles. The number of carbonyl (C=O) groups is 6. The predicted molar refractivity (Wildman–Crippen MR) is 88.0 cm³/mol. The molecule has 3 rings (SSSR count). The van der Waals surface area contributed by atoms with Crippen molar-refractivity contribution < 1.29 is 43.3 Å². The summed E-state index contributed by atoms with van der Waals surface area (Å²) in [4.78, 5) is 73.5. The van der Waals surface area contributed by atoms with Gasteiger partial charge in [0.2, 0.25) is 5.78 Å². The van der Waals surface area contributed by atoms with Crippen LogP contribution in [0.25, 0.3) is 0 Å². The van der Waals surface area contributed by atoms with Crippen LogP contribution in [0, 0.1) is 0 Å². The highest BCUT2D eigenvalue weighted by Gasteiger charge is 2.64. The van der Waals surface area contributed by atoms with E-state index in [1.165, 1.54) is 24.3 Å². The highest BCUT2D eigenvalue weighted by molar-refractivity contribution is 6.36. The van der Waals surface area contributed by atoms with Crippen molar-refractivity contribution in [3.05, 3.63) is 46.7 Å². The van der Waals surface area contributed by atoms with Gasteiger partial charge in [0, 0.05) is 11.1 Å². The predicted octanol–water partition coefficient (Wildman–Crippen LogP) is -0.231. The summed E-state index contributed by atoms with van der Waals surface area (Å²) in [5.74, 6) is -6.76. The number of nitrogens with one attached hydrogen (secondary N) is 1. The lowest BCUT2D eigenvalue weighted by atomic mass is 9.81. The van der Waals surface area contributed by atoms with Gasteiger partial charge in [0.25, 0.3) is 5.91 Å². The van der Waals surface area contributed by atoms with Crippen molar-refractivity contribution in [3.8, 4) is 0 Å². The molecule has 0 spiro atoms. The number of benzene rings is 1. The van der Waals surface area contributed by atoms with Gasteiger partial charge < -0.3 is 19.9 Å². The fraction of sp³-hybridized carbons (Fsp3) is 0.222. The quantitative estimate of drug-likeness (QED) is 0.515. The van der Waals surface area contributed by atoms with Gasteiger partial charge in [-0.05, 0) is 0 Å². The first kappa shape index (κ1) is 19.0. The maximum Gasteiger partial charge on any atom is 0.365 e. The fourth-order valence-corrected chi connectivity index (χ4v) is 3.05. The number of hydrogen-bond donors (Lipinski definition) is 2. The maximum atomic E-state index is 13.0. The van der Waals surface area contributed by atoms with Gasteiger partial charge in [-0.2, -0.15) is 0 Å². The Labute approximate surface area is 157 Å². The van der Waals surface area contributed by atoms with Crippen molar-refractivity contribution in [2.24, 2.45) is 0 Å². The molecule has 1 aromatic rings. The highest BCUT2D eigenvalue weighted by atomic mass is 16.6. The number of Topliss-reactive ketones (excluding diaryl/α,β-unsaturated/α-hetero) is 2. The van der Waals surface area contributed by atoms with E-state index in [2.05, 4.69) is 10.1 Å². The average molecular weight is 387 g/mol. The smallest absolute Gasteiger partial charge is 0.365 e. The zero-order valence-electron chi connectivity index (χ0n) is 14.4. The average Bonchev–Trinajstić information content (AvgIpc) is 2.97. The number of rotatable bonds is 5. The number of allylic oxidation sites excluding steroid dienone is 1. The summed E-state index contributed by atoms with van der Waals surface area (Å²) in [6, 6.07) is 5.71. The Morgan fingerprint density at radius 1 is 1.04 bits per heavy atom.